The molecule has 0 aliphatic heterocycles. The molecule has 0 saturated heterocycles. The number of carbonyl (C=O) groups excluding carboxylic acids is 1. The van der Waals surface area contributed by atoms with E-state index < -0.39 is 0 Å². The van der Waals surface area contributed by atoms with E-state index in [9.17, 15) is 4.79 Å². The molecule has 0 atom stereocenters. The van der Waals surface area contributed by atoms with Crippen LogP contribution in [0.15, 0.2) is 18.2 Å². The third-order valence-electron chi connectivity index (χ3n) is 2.91. The second-order valence-electron chi connectivity index (χ2n) is 4.98. The summed E-state index contributed by atoms with van der Waals surface area (Å²) >= 11 is 1.79. The van der Waals surface area contributed by atoms with Crippen molar-refractivity contribution in [3.8, 4) is 0 Å². The zero-order valence-electron chi connectivity index (χ0n) is 12.0. The van der Waals surface area contributed by atoms with Gasteiger partial charge in [-0.25, -0.2) is 0 Å². The van der Waals surface area contributed by atoms with Crippen LogP contribution >= 0.6 is 11.8 Å². The molecular formula is C14H23N3OS. The number of thioether (sulfide) groups is 1. The van der Waals surface area contributed by atoms with Crippen LogP contribution in [0.3, 0.4) is 0 Å². The van der Waals surface area contributed by atoms with E-state index in [1.807, 2.05) is 6.92 Å². The van der Waals surface area contributed by atoms with Crippen molar-refractivity contribution in [1.29, 1.82) is 0 Å². The number of carbonyl (C=O) groups is 1. The van der Waals surface area contributed by atoms with Crippen LogP contribution in [0.1, 0.15) is 31.1 Å². The van der Waals surface area contributed by atoms with Gasteiger partial charge in [0.1, 0.15) is 0 Å². The lowest BCUT2D eigenvalue weighted by Gasteiger charge is -2.23. The fraction of sp³-hybridized carbons (Fsp3) is 0.500. The van der Waals surface area contributed by atoms with Gasteiger partial charge in [0, 0.05) is 23.4 Å². The second kappa shape index (κ2) is 6.70. The Balaban J connectivity index is 2.83. The minimum atomic E-state index is -0.0744. The number of benzene rings is 1. The average molecular weight is 281 g/mol. The van der Waals surface area contributed by atoms with Gasteiger partial charge >= 0.3 is 0 Å². The van der Waals surface area contributed by atoms with Gasteiger partial charge in [0.05, 0.1) is 11.4 Å². The molecule has 0 saturated carbocycles. The van der Waals surface area contributed by atoms with E-state index in [0.717, 1.165) is 12.2 Å². The van der Waals surface area contributed by atoms with Gasteiger partial charge in [-0.15, -0.1) is 0 Å². The Bertz CT molecular complexity index is 446. The first-order valence-corrected chi connectivity index (χ1v) is 7.59. The number of hydrogen-bond acceptors (Lipinski definition) is 4. The molecule has 5 heteroatoms. The lowest BCUT2D eigenvalue weighted by molar-refractivity contribution is 0.0956. The van der Waals surface area contributed by atoms with Crippen molar-refractivity contribution in [2.75, 3.05) is 30.4 Å². The molecule has 0 spiro atoms. The molecule has 0 aliphatic rings. The molecule has 0 fully saturated rings. The normalized spacial score (nSPS) is 11.2. The molecule has 0 heterocycles. The minimum absolute atomic E-state index is 0.0744. The van der Waals surface area contributed by atoms with E-state index in [2.05, 4.69) is 30.7 Å². The summed E-state index contributed by atoms with van der Waals surface area (Å²) in [4.78, 5) is 11.8. The summed E-state index contributed by atoms with van der Waals surface area (Å²) in [6, 6.07) is 5.31. The first kappa shape index (κ1) is 15.7. The zero-order chi connectivity index (χ0) is 14.5. The van der Waals surface area contributed by atoms with Crippen molar-refractivity contribution in [2.45, 2.75) is 25.5 Å². The van der Waals surface area contributed by atoms with Crippen molar-refractivity contribution in [3.05, 3.63) is 23.8 Å². The summed E-state index contributed by atoms with van der Waals surface area (Å²) in [5.74, 6) is -0.0744. The van der Waals surface area contributed by atoms with Crippen LogP contribution < -0.4 is 16.4 Å². The minimum Gasteiger partial charge on any atom is -0.397 e. The summed E-state index contributed by atoms with van der Waals surface area (Å²) in [5.41, 5.74) is 8.03. The third kappa shape index (κ3) is 4.67. The summed E-state index contributed by atoms with van der Waals surface area (Å²) in [7, 11) is 0. The molecule has 0 unspecified atom stereocenters. The highest BCUT2D eigenvalue weighted by Crippen LogP contribution is 2.25. The SMILES string of the molecule is CCNC(=O)c1ccc(N)c(NCC(C)(C)SC)c1. The highest BCUT2D eigenvalue weighted by molar-refractivity contribution is 7.99. The molecule has 1 rings (SSSR count). The number of nitrogens with one attached hydrogen (secondary N) is 2. The highest BCUT2D eigenvalue weighted by Gasteiger charge is 2.16. The quantitative estimate of drug-likeness (QED) is 0.701. The lowest BCUT2D eigenvalue weighted by atomic mass is 10.1. The standard InChI is InChI=1S/C14H23N3OS/c1-5-16-13(18)10-6-7-11(15)12(8-10)17-9-14(2,3)19-4/h6-8,17H,5,9,15H2,1-4H3,(H,16,18). The van der Waals surface area contributed by atoms with Crippen molar-refractivity contribution in [1.82, 2.24) is 5.32 Å². The summed E-state index contributed by atoms with van der Waals surface area (Å²) < 4.78 is 0.119. The van der Waals surface area contributed by atoms with Gasteiger partial charge in [0.15, 0.2) is 0 Å². The Kier molecular flexibility index (Phi) is 5.54. The highest BCUT2D eigenvalue weighted by atomic mass is 32.2. The van der Waals surface area contributed by atoms with Crippen LogP contribution in [0, 0.1) is 0 Å². The van der Waals surface area contributed by atoms with E-state index in [1.54, 1.807) is 30.0 Å². The molecule has 1 amide bonds. The number of anilines is 2. The van der Waals surface area contributed by atoms with E-state index in [-0.39, 0.29) is 10.7 Å². The number of hydrogen-bond donors (Lipinski definition) is 3. The Morgan fingerprint density at radius 2 is 2.11 bits per heavy atom. The van der Waals surface area contributed by atoms with Crippen molar-refractivity contribution in [3.63, 3.8) is 0 Å². The largest absolute Gasteiger partial charge is 0.397 e. The molecule has 4 N–H and O–H groups in total. The van der Waals surface area contributed by atoms with Gasteiger partial charge in [-0.1, -0.05) is 0 Å². The van der Waals surface area contributed by atoms with E-state index in [1.165, 1.54) is 0 Å². The monoisotopic (exact) mass is 281 g/mol. The first-order chi connectivity index (χ1) is 8.89. The van der Waals surface area contributed by atoms with Gasteiger partial charge in [-0.05, 0) is 45.2 Å². The lowest BCUT2D eigenvalue weighted by Crippen LogP contribution is -2.26. The first-order valence-electron chi connectivity index (χ1n) is 6.36. The fourth-order valence-electron chi connectivity index (χ4n) is 1.49. The second-order valence-corrected chi connectivity index (χ2v) is 6.49. The number of nitrogens with two attached hydrogens (primary N) is 1. The maximum Gasteiger partial charge on any atom is 0.251 e. The molecule has 1 aromatic rings. The van der Waals surface area contributed by atoms with Crippen LogP contribution in [0.2, 0.25) is 0 Å². The molecule has 0 bridgehead atoms. The Morgan fingerprint density at radius 3 is 2.68 bits per heavy atom. The predicted molar refractivity (Wildman–Crippen MR) is 84.9 cm³/mol. The Hall–Kier alpha value is -1.36. The van der Waals surface area contributed by atoms with E-state index >= 15 is 0 Å². The van der Waals surface area contributed by atoms with Crippen molar-refractivity contribution >= 4 is 29.0 Å². The van der Waals surface area contributed by atoms with Crippen LogP contribution in [-0.2, 0) is 0 Å². The van der Waals surface area contributed by atoms with Crippen LogP contribution in [0.4, 0.5) is 11.4 Å². The molecular weight excluding hydrogens is 258 g/mol. The smallest absolute Gasteiger partial charge is 0.251 e. The maximum atomic E-state index is 11.8. The molecule has 0 aromatic heterocycles. The maximum absolute atomic E-state index is 11.8. The molecule has 0 aliphatic carbocycles. The zero-order valence-corrected chi connectivity index (χ0v) is 12.9. The molecule has 19 heavy (non-hydrogen) atoms. The van der Waals surface area contributed by atoms with Crippen LogP contribution in [-0.4, -0.2) is 30.0 Å². The Labute approximate surface area is 119 Å². The van der Waals surface area contributed by atoms with Gasteiger partial charge < -0.3 is 16.4 Å². The predicted octanol–water partition coefficient (Wildman–Crippen LogP) is 2.57. The van der Waals surface area contributed by atoms with Gasteiger partial charge in [-0.2, -0.15) is 11.8 Å². The molecule has 1 aromatic carbocycles. The summed E-state index contributed by atoms with van der Waals surface area (Å²) in [5, 5.41) is 6.10. The summed E-state index contributed by atoms with van der Waals surface area (Å²) in [6.45, 7) is 7.63. The van der Waals surface area contributed by atoms with Gasteiger partial charge in [0.25, 0.3) is 5.91 Å². The van der Waals surface area contributed by atoms with Gasteiger partial charge in [0.2, 0.25) is 0 Å². The number of rotatable bonds is 6. The van der Waals surface area contributed by atoms with Crippen molar-refractivity contribution in [2.24, 2.45) is 0 Å². The fourth-order valence-corrected chi connectivity index (χ4v) is 1.71. The van der Waals surface area contributed by atoms with Crippen molar-refractivity contribution < 1.29 is 4.79 Å². The average Bonchev–Trinajstić information content (AvgIpc) is 2.38. The molecule has 0 radical (unpaired) electrons. The van der Waals surface area contributed by atoms with Gasteiger partial charge in [-0.3, -0.25) is 4.79 Å². The van der Waals surface area contributed by atoms with E-state index in [0.29, 0.717) is 17.8 Å². The summed E-state index contributed by atoms with van der Waals surface area (Å²) in [6.07, 6.45) is 2.08. The number of nitrogen functional groups attached to an aromatic ring is 1. The third-order valence-corrected chi connectivity index (χ3v) is 4.16. The molecule has 4 nitrogen and oxygen atoms in total. The topological polar surface area (TPSA) is 67.2 Å². The van der Waals surface area contributed by atoms with Crippen LogP contribution in [0.25, 0.3) is 0 Å². The van der Waals surface area contributed by atoms with Crippen LogP contribution in [0.5, 0.6) is 0 Å². The Morgan fingerprint density at radius 1 is 1.42 bits per heavy atom. The molecule has 106 valence electrons. The van der Waals surface area contributed by atoms with E-state index in [4.69, 9.17) is 5.73 Å². The number of amides is 1.